The molecule has 6 nitrogen and oxygen atoms in total. The van der Waals surface area contributed by atoms with Crippen LogP contribution in [0, 0.1) is 6.92 Å². The molecule has 0 unspecified atom stereocenters. The normalized spacial score (nSPS) is 14.0. The van der Waals surface area contributed by atoms with Crippen LogP contribution in [0.25, 0.3) is 0 Å². The van der Waals surface area contributed by atoms with E-state index >= 15 is 0 Å². The number of fused-ring (bicyclic) bond motifs is 1. The van der Waals surface area contributed by atoms with Gasteiger partial charge in [0, 0.05) is 5.56 Å². The van der Waals surface area contributed by atoms with E-state index in [-0.39, 0.29) is 12.5 Å². The fourth-order valence-electron chi connectivity index (χ4n) is 2.25. The molecule has 0 aromatic heterocycles. The molecule has 1 aliphatic rings. The summed E-state index contributed by atoms with van der Waals surface area (Å²) in [5.41, 5.74) is 5.08. The van der Waals surface area contributed by atoms with Gasteiger partial charge in [-0.25, -0.2) is 5.43 Å². The summed E-state index contributed by atoms with van der Waals surface area (Å²) in [6, 6.07) is 13.0. The molecule has 0 aliphatic carbocycles. The average molecular weight is 326 g/mol. The van der Waals surface area contributed by atoms with Gasteiger partial charge in [-0.15, -0.1) is 0 Å². The Kier molecular flexibility index (Phi) is 4.65. The minimum atomic E-state index is -0.334. The number of carbonyl (C=O) groups excluding carboxylic acids is 1. The standard InChI is InChI=1S/C18H18N2O4/c1-12-3-5-13(6-4-12)23-11-18(21)20-19-16-10-24-17-8-7-14(22-2)9-15(16)17/h3-9H,10-11H2,1-2H3,(H,20,21)/b19-16-. The van der Waals surface area contributed by atoms with E-state index in [4.69, 9.17) is 14.2 Å². The van der Waals surface area contributed by atoms with E-state index in [9.17, 15) is 4.79 Å². The van der Waals surface area contributed by atoms with Crippen LogP contribution in [0.2, 0.25) is 0 Å². The lowest BCUT2D eigenvalue weighted by Crippen LogP contribution is -2.26. The van der Waals surface area contributed by atoms with Gasteiger partial charge in [-0.05, 0) is 37.3 Å². The Morgan fingerprint density at radius 2 is 1.96 bits per heavy atom. The molecule has 0 atom stereocenters. The van der Waals surface area contributed by atoms with Crippen LogP contribution in [-0.4, -0.2) is 31.9 Å². The highest BCUT2D eigenvalue weighted by molar-refractivity contribution is 6.06. The van der Waals surface area contributed by atoms with Crippen molar-refractivity contribution in [2.24, 2.45) is 5.10 Å². The molecule has 1 heterocycles. The van der Waals surface area contributed by atoms with Gasteiger partial charge in [0.25, 0.3) is 5.91 Å². The van der Waals surface area contributed by atoms with Crippen molar-refractivity contribution in [1.82, 2.24) is 5.43 Å². The van der Waals surface area contributed by atoms with Crippen molar-refractivity contribution in [3.05, 3.63) is 53.6 Å². The molecular formula is C18H18N2O4. The number of hydrogen-bond acceptors (Lipinski definition) is 5. The number of amides is 1. The molecule has 2 aromatic rings. The molecule has 6 heteroatoms. The number of aryl methyl sites for hydroxylation is 1. The molecule has 0 radical (unpaired) electrons. The van der Waals surface area contributed by atoms with Crippen LogP contribution >= 0.6 is 0 Å². The highest BCUT2D eigenvalue weighted by Gasteiger charge is 2.20. The minimum absolute atomic E-state index is 0.105. The van der Waals surface area contributed by atoms with Gasteiger partial charge in [0.15, 0.2) is 6.61 Å². The molecular weight excluding hydrogens is 308 g/mol. The highest BCUT2D eigenvalue weighted by Crippen LogP contribution is 2.29. The van der Waals surface area contributed by atoms with Crippen molar-refractivity contribution in [3.8, 4) is 17.2 Å². The fraction of sp³-hybridized carbons (Fsp3) is 0.222. The first kappa shape index (κ1) is 15.9. The first-order valence-corrected chi connectivity index (χ1v) is 7.52. The van der Waals surface area contributed by atoms with Crippen molar-refractivity contribution in [3.63, 3.8) is 0 Å². The summed E-state index contributed by atoms with van der Waals surface area (Å²) in [6.07, 6.45) is 0. The maximum atomic E-state index is 11.9. The maximum Gasteiger partial charge on any atom is 0.277 e. The van der Waals surface area contributed by atoms with Gasteiger partial charge in [0.1, 0.15) is 29.6 Å². The summed E-state index contributed by atoms with van der Waals surface area (Å²) in [5.74, 6) is 1.74. The van der Waals surface area contributed by atoms with E-state index < -0.39 is 0 Å². The molecule has 1 N–H and O–H groups in total. The summed E-state index contributed by atoms with van der Waals surface area (Å²) in [4.78, 5) is 11.9. The zero-order valence-electron chi connectivity index (χ0n) is 13.5. The van der Waals surface area contributed by atoms with Gasteiger partial charge >= 0.3 is 0 Å². The molecule has 24 heavy (non-hydrogen) atoms. The Hall–Kier alpha value is -3.02. The lowest BCUT2D eigenvalue weighted by Gasteiger charge is -2.06. The molecule has 0 spiro atoms. The number of hydrogen-bond donors (Lipinski definition) is 1. The number of methoxy groups -OCH3 is 1. The lowest BCUT2D eigenvalue weighted by molar-refractivity contribution is -0.123. The second kappa shape index (κ2) is 7.04. The monoisotopic (exact) mass is 326 g/mol. The van der Waals surface area contributed by atoms with Crippen LogP contribution in [0.3, 0.4) is 0 Å². The Morgan fingerprint density at radius 3 is 2.71 bits per heavy atom. The minimum Gasteiger partial charge on any atom is -0.497 e. The predicted octanol–water partition coefficient (Wildman–Crippen LogP) is 2.30. The van der Waals surface area contributed by atoms with Crippen LogP contribution in [0.1, 0.15) is 11.1 Å². The van der Waals surface area contributed by atoms with Crippen LogP contribution in [-0.2, 0) is 4.79 Å². The molecule has 3 rings (SSSR count). The van der Waals surface area contributed by atoms with Gasteiger partial charge in [-0.2, -0.15) is 5.10 Å². The van der Waals surface area contributed by atoms with Gasteiger partial charge in [-0.1, -0.05) is 17.7 Å². The Morgan fingerprint density at radius 1 is 1.21 bits per heavy atom. The number of nitrogens with zero attached hydrogens (tertiary/aromatic N) is 1. The molecule has 0 saturated heterocycles. The smallest absolute Gasteiger partial charge is 0.277 e. The number of nitrogens with one attached hydrogen (secondary N) is 1. The van der Waals surface area contributed by atoms with Crippen LogP contribution in [0.4, 0.5) is 0 Å². The quantitative estimate of drug-likeness (QED) is 0.856. The number of hydrazone groups is 1. The first-order chi connectivity index (χ1) is 11.7. The molecule has 1 aliphatic heterocycles. The Labute approximate surface area is 140 Å². The van der Waals surface area contributed by atoms with Crippen molar-refractivity contribution in [2.75, 3.05) is 20.3 Å². The third-order valence-corrected chi connectivity index (χ3v) is 3.57. The van der Waals surface area contributed by atoms with Crippen LogP contribution < -0.4 is 19.6 Å². The van der Waals surface area contributed by atoms with Crippen molar-refractivity contribution in [2.45, 2.75) is 6.92 Å². The third kappa shape index (κ3) is 3.65. The summed E-state index contributed by atoms with van der Waals surface area (Å²) in [6.45, 7) is 2.19. The SMILES string of the molecule is COc1ccc2c(c1)/C(=N\NC(=O)COc1ccc(C)cc1)CO2. The summed E-state index contributed by atoms with van der Waals surface area (Å²) in [5, 5.41) is 4.12. The molecule has 124 valence electrons. The predicted molar refractivity (Wildman–Crippen MR) is 89.8 cm³/mol. The van der Waals surface area contributed by atoms with E-state index in [1.54, 1.807) is 7.11 Å². The van der Waals surface area contributed by atoms with E-state index in [2.05, 4.69) is 10.5 Å². The van der Waals surface area contributed by atoms with Gasteiger partial charge in [0.2, 0.25) is 0 Å². The van der Waals surface area contributed by atoms with Gasteiger partial charge < -0.3 is 14.2 Å². The second-order valence-electron chi connectivity index (χ2n) is 5.35. The first-order valence-electron chi connectivity index (χ1n) is 7.52. The van der Waals surface area contributed by atoms with E-state index in [1.807, 2.05) is 49.4 Å². The molecule has 1 amide bonds. The number of ether oxygens (including phenoxy) is 3. The van der Waals surface area contributed by atoms with Crippen molar-refractivity contribution >= 4 is 11.6 Å². The Balaban J connectivity index is 1.58. The summed E-state index contributed by atoms with van der Waals surface area (Å²) < 4.78 is 16.1. The highest BCUT2D eigenvalue weighted by atomic mass is 16.5. The second-order valence-corrected chi connectivity index (χ2v) is 5.35. The van der Waals surface area contributed by atoms with Crippen molar-refractivity contribution in [1.29, 1.82) is 0 Å². The molecule has 0 fully saturated rings. The largest absolute Gasteiger partial charge is 0.497 e. The average Bonchev–Trinajstić information content (AvgIpc) is 3.01. The number of carbonyl (C=O) groups is 1. The molecule has 0 bridgehead atoms. The lowest BCUT2D eigenvalue weighted by atomic mass is 10.1. The van der Waals surface area contributed by atoms with Crippen LogP contribution in [0.5, 0.6) is 17.2 Å². The number of benzene rings is 2. The van der Waals surface area contributed by atoms with Crippen LogP contribution in [0.15, 0.2) is 47.6 Å². The van der Waals surface area contributed by atoms with Gasteiger partial charge in [-0.3, -0.25) is 4.79 Å². The third-order valence-electron chi connectivity index (χ3n) is 3.57. The number of rotatable bonds is 5. The molecule has 2 aromatic carbocycles. The zero-order valence-corrected chi connectivity index (χ0v) is 13.5. The van der Waals surface area contributed by atoms with E-state index in [0.717, 1.165) is 16.9 Å². The fourth-order valence-corrected chi connectivity index (χ4v) is 2.25. The molecule has 0 saturated carbocycles. The zero-order chi connectivity index (χ0) is 16.9. The Bertz CT molecular complexity index is 769. The summed E-state index contributed by atoms with van der Waals surface area (Å²) in [7, 11) is 1.60. The van der Waals surface area contributed by atoms with E-state index in [1.165, 1.54) is 0 Å². The topological polar surface area (TPSA) is 69.2 Å². The maximum absolute atomic E-state index is 11.9. The van der Waals surface area contributed by atoms with Gasteiger partial charge in [0.05, 0.1) is 7.11 Å². The van der Waals surface area contributed by atoms with E-state index in [0.29, 0.717) is 23.8 Å². The summed E-state index contributed by atoms with van der Waals surface area (Å²) >= 11 is 0. The van der Waals surface area contributed by atoms with Crippen molar-refractivity contribution < 1.29 is 19.0 Å².